The first-order valence-electron chi connectivity index (χ1n) is 14.5. The van der Waals surface area contributed by atoms with Gasteiger partial charge in [-0.05, 0) is 37.2 Å². The second-order valence-electron chi connectivity index (χ2n) is 13.8. The summed E-state index contributed by atoms with van der Waals surface area (Å²) in [7, 11) is 0. The van der Waals surface area contributed by atoms with Gasteiger partial charge in [0.1, 0.15) is 47.8 Å². The zero-order chi connectivity index (χ0) is 30.9. The summed E-state index contributed by atoms with van der Waals surface area (Å²) in [4.78, 5) is 25.4. The number of esters is 1. The van der Waals surface area contributed by atoms with E-state index >= 15 is 0 Å². The second kappa shape index (κ2) is 8.44. The van der Waals surface area contributed by atoms with Crippen LogP contribution in [0.1, 0.15) is 59.4 Å². The molecule has 1 spiro atoms. The highest BCUT2D eigenvalue weighted by molar-refractivity contribution is 5.78. The van der Waals surface area contributed by atoms with Crippen molar-refractivity contribution in [3.8, 4) is 0 Å². The number of hydrogen-bond acceptors (Lipinski definition) is 11. The molecule has 232 valence electrons. The van der Waals surface area contributed by atoms with Crippen LogP contribution in [0.4, 0.5) is 4.79 Å². The van der Waals surface area contributed by atoms with Crippen molar-refractivity contribution in [1.29, 1.82) is 0 Å². The van der Waals surface area contributed by atoms with Gasteiger partial charge in [0, 0.05) is 11.8 Å². The summed E-state index contributed by atoms with van der Waals surface area (Å²) in [6.07, 6.45) is -4.44. The van der Waals surface area contributed by atoms with Crippen molar-refractivity contribution >= 4 is 12.1 Å². The quantitative estimate of drug-likeness (QED) is 0.222. The lowest BCUT2D eigenvalue weighted by atomic mass is 9.52. The summed E-state index contributed by atoms with van der Waals surface area (Å²) in [5.41, 5.74) is -15.1. The number of benzene rings is 1. The molecule has 2 aliphatic heterocycles. The van der Waals surface area contributed by atoms with Crippen LogP contribution >= 0.6 is 0 Å². The Kier molecular flexibility index (Phi) is 5.97. The van der Waals surface area contributed by atoms with Gasteiger partial charge in [0.05, 0.1) is 5.41 Å². The maximum Gasteiger partial charge on any atom is 0.407 e. The minimum Gasteiger partial charge on any atom is -0.457 e. The molecule has 11 atom stereocenters. The number of carbonyl (C=O) groups is 2. The molecule has 12 nitrogen and oxygen atoms in total. The molecule has 42 heavy (non-hydrogen) atoms. The molecule has 0 radical (unpaired) electrons. The van der Waals surface area contributed by atoms with Crippen LogP contribution in [0.3, 0.4) is 0 Å². The van der Waals surface area contributed by atoms with Crippen LogP contribution in [0.25, 0.3) is 0 Å². The molecule has 6 fully saturated rings. The van der Waals surface area contributed by atoms with Crippen molar-refractivity contribution < 1.29 is 54.4 Å². The first-order chi connectivity index (χ1) is 19.4. The van der Waals surface area contributed by atoms with E-state index in [0.717, 1.165) is 5.56 Å². The number of nitrogens with one attached hydrogen (secondary N) is 1. The van der Waals surface area contributed by atoms with E-state index in [2.05, 4.69) is 5.32 Å². The molecule has 0 unspecified atom stereocenters. The van der Waals surface area contributed by atoms with Crippen LogP contribution in [0.5, 0.6) is 0 Å². The predicted octanol–water partition coefficient (Wildman–Crippen LogP) is 0.0969. The van der Waals surface area contributed by atoms with E-state index in [9.17, 15) is 40.2 Å². The molecular formula is C30H41NO11. The van der Waals surface area contributed by atoms with E-state index < -0.39 is 93.7 Å². The first kappa shape index (κ1) is 29.7. The number of ether oxygens (including phenoxy) is 3. The van der Waals surface area contributed by atoms with Gasteiger partial charge in [0.25, 0.3) is 0 Å². The lowest BCUT2D eigenvalue weighted by Crippen LogP contribution is -2.76. The van der Waals surface area contributed by atoms with E-state index in [1.165, 1.54) is 13.8 Å². The molecule has 6 aliphatic rings. The standard InChI is InChI=1S/C30H41NO11/c1-16(2)27(37)21(33)28(38)23(4)15-26(36)24(27,5)30(28,39)29(42-26)20(17(3)11-12-25(23,29)35)41-19(32)13-31-22(34)40-14-18-9-7-6-8-10-18/h6-10,16-17,20-21,33,35-39H,11-15H2,1-5H3,(H,31,34)/t17-,20+,21+,23-,24-,25-,26-,27+,28+,29+,30+/m0/s1. The normalized spacial score (nSPS) is 51.5. The molecule has 0 aromatic heterocycles. The van der Waals surface area contributed by atoms with Crippen LogP contribution < -0.4 is 5.32 Å². The summed E-state index contributed by atoms with van der Waals surface area (Å²) >= 11 is 0. The third kappa shape index (κ3) is 2.67. The summed E-state index contributed by atoms with van der Waals surface area (Å²) in [6.45, 7) is 7.06. The van der Waals surface area contributed by atoms with Gasteiger partial charge in [0.15, 0.2) is 11.4 Å². The van der Waals surface area contributed by atoms with E-state index in [-0.39, 0.29) is 19.4 Å². The van der Waals surface area contributed by atoms with E-state index in [1.54, 1.807) is 45.0 Å². The van der Waals surface area contributed by atoms with Crippen LogP contribution in [-0.4, -0.2) is 95.2 Å². The Hall–Kier alpha value is -2.32. The topological polar surface area (TPSA) is 195 Å². The third-order valence-electron chi connectivity index (χ3n) is 12.1. The fourth-order valence-electron chi connectivity index (χ4n) is 10.1. The Morgan fingerprint density at radius 3 is 2.36 bits per heavy atom. The maximum atomic E-state index is 13.2. The second-order valence-corrected chi connectivity index (χ2v) is 13.8. The van der Waals surface area contributed by atoms with Crippen molar-refractivity contribution in [2.24, 2.45) is 22.7 Å². The highest BCUT2D eigenvalue weighted by Gasteiger charge is 3.10. The molecule has 1 aromatic rings. The van der Waals surface area contributed by atoms with Gasteiger partial charge in [0.2, 0.25) is 0 Å². The molecule has 6 bridgehead atoms. The number of rotatable bonds is 6. The van der Waals surface area contributed by atoms with Crippen molar-refractivity contribution in [3.63, 3.8) is 0 Å². The smallest absolute Gasteiger partial charge is 0.407 e. The number of hydrogen-bond donors (Lipinski definition) is 7. The van der Waals surface area contributed by atoms with Gasteiger partial charge in [-0.3, -0.25) is 4.79 Å². The number of aliphatic hydroxyl groups excluding tert-OH is 1. The number of amides is 1. The lowest BCUT2D eigenvalue weighted by Gasteiger charge is -2.61. The zero-order valence-corrected chi connectivity index (χ0v) is 24.5. The van der Waals surface area contributed by atoms with Gasteiger partial charge >= 0.3 is 12.1 Å². The Balaban J connectivity index is 1.35. The SMILES string of the molecule is CC(C)[C@@]1(O)[C@@H](O)[C@@]2(O)[C@@]3(C)C[C@]4(O)O[C@@]5([C@H](OC(=O)CNC(=O)OCc6ccccc6)[C@@H](C)CC[C@]35O)[C@@]2(O)[C@]14C. The summed E-state index contributed by atoms with van der Waals surface area (Å²) in [5, 5.41) is 76.2. The van der Waals surface area contributed by atoms with Crippen molar-refractivity contribution in [2.45, 2.75) is 106 Å². The summed E-state index contributed by atoms with van der Waals surface area (Å²) < 4.78 is 17.3. The Morgan fingerprint density at radius 2 is 1.74 bits per heavy atom. The lowest BCUT2D eigenvalue weighted by molar-refractivity contribution is -0.390. The van der Waals surface area contributed by atoms with E-state index in [4.69, 9.17) is 14.2 Å². The minimum atomic E-state index is -2.68. The van der Waals surface area contributed by atoms with Crippen molar-refractivity contribution in [3.05, 3.63) is 35.9 Å². The average molecular weight is 592 g/mol. The molecule has 4 saturated carbocycles. The highest BCUT2D eigenvalue weighted by atomic mass is 16.7. The van der Waals surface area contributed by atoms with Gasteiger partial charge in [-0.25, -0.2) is 4.79 Å². The van der Waals surface area contributed by atoms with Crippen LogP contribution in [0, 0.1) is 22.7 Å². The van der Waals surface area contributed by atoms with Gasteiger partial charge in [-0.1, -0.05) is 58.0 Å². The molecule has 7 N–H and O–H groups in total. The van der Waals surface area contributed by atoms with Gasteiger partial charge < -0.3 is 50.2 Å². The Bertz CT molecular complexity index is 1330. The number of alkyl carbamates (subject to hydrolysis) is 1. The molecule has 2 heterocycles. The first-order valence-corrected chi connectivity index (χ1v) is 14.5. The molecule has 7 rings (SSSR count). The fourth-order valence-corrected chi connectivity index (χ4v) is 10.1. The minimum absolute atomic E-state index is 0.00755. The molecule has 1 aromatic carbocycles. The van der Waals surface area contributed by atoms with Gasteiger partial charge in [-0.15, -0.1) is 0 Å². The highest BCUT2D eigenvalue weighted by Crippen LogP contribution is 2.90. The van der Waals surface area contributed by atoms with E-state index in [1.807, 2.05) is 6.07 Å². The Morgan fingerprint density at radius 1 is 1.10 bits per heavy atom. The van der Waals surface area contributed by atoms with Crippen molar-refractivity contribution in [1.82, 2.24) is 5.32 Å². The third-order valence-corrected chi connectivity index (χ3v) is 12.1. The van der Waals surface area contributed by atoms with E-state index in [0.29, 0.717) is 0 Å². The fraction of sp³-hybridized carbons (Fsp3) is 0.733. The molecular weight excluding hydrogens is 550 g/mol. The largest absolute Gasteiger partial charge is 0.457 e. The van der Waals surface area contributed by atoms with Crippen LogP contribution in [0.15, 0.2) is 30.3 Å². The predicted molar refractivity (Wildman–Crippen MR) is 143 cm³/mol. The van der Waals surface area contributed by atoms with Crippen molar-refractivity contribution in [2.75, 3.05) is 6.54 Å². The summed E-state index contributed by atoms with van der Waals surface area (Å²) in [5.74, 6) is -4.62. The average Bonchev–Trinajstić information content (AvgIpc) is 3.17. The van der Waals surface area contributed by atoms with Crippen LogP contribution in [0.2, 0.25) is 0 Å². The zero-order valence-electron chi connectivity index (χ0n) is 24.5. The molecule has 4 aliphatic carbocycles. The molecule has 12 heteroatoms. The maximum absolute atomic E-state index is 13.2. The monoisotopic (exact) mass is 591 g/mol. The number of aliphatic hydroxyl groups is 6. The van der Waals surface area contributed by atoms with Crippen LogP contribution in [-0.2, 0) is 25.6 Å². The Labute approximate surface area is 243 Å². The summed E-state index contributed by atoms with van der Waals surface area (Å²) in [6, 6.07) is 8.95. The molecule has 1 amide bonds. The number of carbonyl (C=O) groups excluding carboxylic acids is 2. The molecule has 2 saturated heterocycles. The van der Waals surface area contributed by atoms with Gasteiger partial charge in [-0.2, -0.15) is 0 Å².